The second kappa shape index (κ2) is 6.42. The Morgan fingerprint density at radius 2 is 2.10 bits per heavy atom. The molecule has 0 saturated heterocycles. The first-order chi connectivity index (χ1) is 9.52. The van der Waals surface area contributed by atoms with E-state index >= 15 is 0 Å². The first-order valence-corrected chi connectivity index (χ1v) is 10.8. The van der Waals surface area contributed by atoms with Gasteiger partial charge in [-0.1, -0.05) is 39.9 Å². The quantitative estimate of drug-likeness (QED) is 0.622. The van der Waals surface area contributed by atoms with Crippen molar-refractivity contribution in [2.75, 3.05) is 0 Å². The van der Waals surface area contributed by atoms with E-state index in [9.17, 15) is 15.0 Å². The van der Waals surface area contributed by atoms with E-state index in [2.05, 4.69) is 45.4 Å². The summed E-state index contributed by atoms with van der Waals surface area (Å²) in [6.07, 6.45) is 2.48. The maximum atomic E-state index is 11.2. The lowest BCUT2D eigenvalue weighted by Crippen LogP contribution is -2.47. The van der Waals surface area contributed by atoms with Crippen LogP contribution in [-0.4, -0.2) is 29.2 Å². The summed E-state index contributed by atoms with van der Waals surface area (Å²) in [7, 11) is -1.71. The molecular weight excluding hydrogens is 302 g/mol. The van der Waals surface area contributed by atoms with Gasteiger partial charge in [0.1, 0.15) is 19.2 Å². The van der Waals surface area contributed by atoms with Crippen LogP contribution >= 0.6 is 11.3 Å². The highest BCUT2D eigenvalue weighted by molar-refractivity contribution is 7.26. The molecule has 1 heterocycles. The highest BCUT2D eigenvalue weighted by atomic mass is 32.1. The van der Waals surface area contributed by atoms with Crippen LogP contribution in [0.3, 0.4) is 0 Å². The van der Waals surface area contributed by atoms with Crippen molar-refractivity contribution in [3.8, 4) is 0 Å². The van der Waals surface area contributed by atoms with Gasteiger partial charge in [0.2, 0.25) is 0 Å². The molecule has 0 aliphatic heterocycles. The fourth-order valence-electron chi connectivity index (χ4n) is 1.80. The molecule has 0 unspecified atom stereocenters. The molecule has 0 radical (unpaired) electrons. The third-order valence-electron chi connectivity index (χ3n) is 4.39. The first kappa shape index (κ1) is 18.1. The minimum absolute atomic E-state index is 0.176. The molecule has 2 atom stereocenters. The monoisotopic (exact) mass is 327 g/mol. The van der Waals surface area contributed by atoms with E-state index < -0.39 is 26.1 Å². The Balaban J connectivity index is 3.08. The van der Waals surface area contributed by atoms with Crippen molar-refractivity contribution in [2.24, 2.45) is 5.92 Å². The summed E-state index contributed by atoms with van der Waals surface area (Å²) in [6, 6.07) is 0. The number of thiazole rings is 1. The van der Waals surface area contributed by atoms with Gasteiger partial charge >= 0.3 is 5.97 Å². The van der Waals surface area contributed by atoms with Crippen LogP contribution in [0.2, 0.25) is 18.1 Å². The Kier molecular flexibility index (Phi) is 5.52. The van der Waals surface area contributed by atoms with E-state index in [1.165, 1.54) is 21.9 Å². The van der Waals surface area contributed by atoms with Gasteiger partial charge in [0, 0.05) is 10.7 Å². The number of aliphatic hydroxyl groups excluding tert-OH is 1. The number of hydrogen-bond donors (Lipinski definition) is 2. The van der Waals surface area contributed by atoms with Crippen LogP contribution < -0.4 is 4.50 Å². The maximum absolute atomic E-state index is 11.2. The molecule has 0 aliphatic rings. The molecule has 21 heavy (non-hydrogen) atoms. The Bertz CT molecular complexity index is 519. The Labute approximate surface area is 131 Å². The van der Waals surface area contributed by atoms with Crippen LogP contribution in [0.25, 0.3) is 0 Å². The molecule has 0 spiro atoms. The van der Waals surface area contributed by atoms with Crippen molar-refractivity contribution < 1.29 is 15.0 Å². The molecule has 0 amide bonds. The maximum Gasteiger partial charge on any atom is 0.309 e. The third-order valence-corrected chi connectivity index (χ3v) is 12.2. The van der Waals surface area contributed by atoms with Crippen LogP contribution in [0.15, 0.2) is 18.9 Å². The Morgan fingerprint density at radius 1 is 1.52 bits per heavy atom. The summed E-state index contributed by atoms with van der Waals surface area (Å²) in [5.41, 5.74) is 0. The zero-order valence-corrected chi connectivity index (χ0v) is 15.2. The van der Waals surface area contributed by atoms with E-state index in [4.69, 9.17) is 0 Å². The highest BCUT2D eigenvalue weighted by Crippen LogP contribution is 2.37. The largest absolute Gasteiger partial charge is 0.481 e. The fourth-order valence-corrected chi connectivity index (χ4v) is 5.90. The van der Waals surface area contributed by atoms with Crippen molar-refractivity contribution >= 4 is 29.9 Å². The number of nitrogens with zero attached hydrogens (tertiary/aromatic N) is 1. The molecule has 0 saturated carbocycles. The fraction of sp³-hybridized carbons (Fsp3) is 0.600. The van der Waals surface area contributed by atoms with E-state index in [0.29, 0.717) is 5.01 Å². The van der Waals surface area contributed by atoms with Gasteiger partial charge < -0.3 is 10.2 Å². The van der Waals surface area contributed by atoms with Crippen molar-refractivity contribution in [3.63, 3.8) is 0 Å². The van der Waals surface area contributed by atoms with E-state index in [1.54, 1.807) is 0 Å². The number of carboxylic acids is 1. The zero-order chi connectivity index (χ0) is 16.4. The van der Waals surface area contributed by atoms with Gasteiger partial charge in [-0.25, -0.2) is 4.98 Å². The molecular formula is C15H25NO3SSi. The van der Waals surface area contributed by atoms with Crippen LogP contribution in [0.4, 0.5) is 0 Å². The lowest BCUT2D eigenvalue weighted by molar-refractivity contribution is -0.145. The predicted octanol–water partition coefficient (Wildman–Crippen LogP) is 3.17. The summed E-state index contributed by atoms with van der Waals surface area (Å²) in [6.45, 7) is 14.7. The summed E-state index contributed by atoms with van der Waals surface area (Å²) in [5, 5.41) is 20.2. The van der Waals surface area contributed by atoms with Gasteiger partial charge in [0.15, 0.2) is 0 Å². The Hall–Kier alpha value is -0.983. The topological polar surface area (TPSA) is 70.4 Å². The molecule has 0 aliphatic carbocycles. The minimum Gasteiger partial charge on any atom is -0.481 e. The molecule has 0 aromatic carbocycles. The lowest BCUT2D eigenvalue weighted by atomic mass is 9.99. The summed E-state index contributed by atoms with van der Waals surface area (Å²) >= 11 is 1.45. The molecule has 1 rings (SSSR count). The second-order valence-corrected chi connectivity index (χ2v) is 13.6. The van der Waals surface area contributed by atoms with Gasteiger partial charge in [-0.15, -0.1) is 17.9 Å². The smallest absolute Gasteiger partial charge is 0.309 e. The molecule has 2 N–H and O–H groups in total. The molecule has 1 aromatic rings. The van der Waals surface area contributed by atoms with Crippen molar-refractivity contribution in [1.29, 1.82) is 0 Å². The number of allylic oxidation sites excluding steroid dienone is 1. The van der Waals surface area contributed by atoms with E-state index in [-0.39, 0.29) is 11.5 Å². The van der Waals surface area contributed by atoms with E-state index in [0.717, 1.165) is 0 Å². The molecule has 1 aromatic heterocycles. The number of aliphatic hydroxyl groups is 1. The van der Waals surface area contributed by atoms with Crippen LogP contribution in [0.5, 0.6) is 0 Å². The van der Waals surface area contributed by atoms with Crippen LogP contribution in [0, 0.1) is 5.92 Å². The number of rotatable bonds is 6. The molecule has 4 nitrogen and oxygen atoms in total. The molecule has 118 valence electrons. The van der Waals surface area contributed by atoms with Gasteiger partial charge in [-0.2, -0.15) is 0 Å². The summed E-state index contributed by atoms with van der Waals surface area (Å²) < 4.78 is 1.19. The third kappa shape index (κ3) is 3.81. The number of aliphatic carboxylic acids is 1. The lowest BCUT2D eigenvalue weighted by Gasteiger charge is -2.35. The summed E-state index contributed by atoms with van der Waals surface area (Å²) in [4.78, 5) is 15.5. The predicted molar refractivity (Wildman–Crippen MR) is 89.8 cm³/mol. The van der Waals surface area contributed by atoms with Crippen molar-refractivity contribution in [2.45, 2.75) is 51.4 Å². The average Bonchev–Trinajstić information content (AvgIpc) is 2.83. The number of hydrogen-bond acceptors (Lipinski definition) is 4. The average molecular weight is 328 g/mol. The molecule has 0 bridgehead atoms. The van der Waals surface area contributed by atoms with Crippen LogP contribution in [0.1, 0.15) is 38.3 Å². The number of carboxylic acid groups (broad SMARTS) is 1. The second-order valence-electron chi connectivity index (χ2n) is 6.85. The molecule has 0 fully saturated rings. The normalized spacial score (nSPS) is 15.5. The van der Waals surface area contributed by atoms with Gasteiger partial charge in [-0.3, -0.25) is 4.79 Å². The minimum atomic E-state index is -1.71. The highest BCUT2D eigenvalue weighted by Gasteiger charge is 2.39. The number of carbonyl (C=O) groups is 1. The standard InChI is InChI=1S/C15H25NO3SSi/c1-7-8-10(14(18)19)12(17)13-16-9-11(20-13)21(5,6)15(2,3)4/h7,9-10,12,17H,1,8H2,2-6H3,(H,18,19)/t10-,12-/m0/s1. The summed E-state index contributed by atoms with van der Waals surface area (Å²) in [5.74, 6) is -1.91. The zero-order valence-electron chi connectivity index (χ0n) is 13.4. The van der Waals surface area contributed by atoms with Crippen LogP contribution in [-0.2, 0) is 4.79 Å². The van der Waals surface area contributed by atoms with Crippen molar-refractivity contribution in [1.82, 2.24) is 4.98 Å². The Morgan fingerprint density at radius 3 is 2.52 bits per heavy atom. The van der Waals surface area contributed by atoms with Gasteiger partial charge in [0.25, 0.3) is 0 Å². The number of aromatic nitrogens is 1. The first-order valence-electron chi connectivity index (χ1n) is 7.00. The van der Waals surface area contributed by atoms with Crippen molar-refractivity contribution in [3.05, 3.63) is 23.9 Å². The van der Waals surface area contributed by atoms with E-state index in [1.807, 2.05) is 6.20 Å². The van der Waals surface area contributed by atoms with Gasteiger partial charge in [-0.05, 0) is 11.5 Å². The SMILES string of the molecule is C=CC[C@H](C(=O)O)[C@H](O)c1ncc([Si](C)(C)C(C)(C)C)s1. The van der Waals surface area contributed by atoms with Gasteiger partial charge in [0.05, 0.1) is 5.92 Å². The molecule has 6 heteroatoms.